The molecule has 0 unspecified atom stereocenters. The SMILES string of the molecule is CCN(CCc1ccccc1)C(=O)CCC(C)C. The van der Waals surface area contributed by atoms with Crippen molar-refractivity contribution in [2.24, 2.45) is 5.92 Å². The van der Waals surface area contributed by atoms with Gasteiger partial charge in [0, 0.05) is 19.5 Å². The van der Waals surface area contributed by atoms with Crippen LogP contribution in [0.15, 0.2) is 30.3 Å². The van der Waals surface area contributed by atoms with E-state index in [0.29, 0.717) is 18.2 Å². The fourth-order valence-electron chi connectivity index (χ4n) is 1.94. The molecule has 0 heterocycles. The van der Waals surface area contributed by atoms with Crippen LogP contribution in [-0.2, 0) is 11.2 Å². The molecule has 1 aromatic rings. The van der Waals surface area contributed by atoms with Gasteiger partial charge in [0.25, 0.3) is 0 Å². The lowest BCUT2D eigenvalue weighted by molar-refractivity contribution is -0.131. The van der Waals surface area contributed by atoms with Gasteiger partial charge in [0.05, 0.1) is 0 Å². The third-order valence-electron chi connectivity index (χ3n) is 3.18. The van der Waals surface area contributed by atoms with E-state index in [2.05, 4.69) is 32.9 Å². The molecule has 0 fully saturated rings. The number of amides is 1. The van der Waals surface area contributed by atoms with Crippen LogP contribution in [0.4, 0.5) is 0 Å². The van der Waals surface area contributed by atoms with Gasteiger partial charge in [-0.25, -0.2) is 0 Å². The monoisotopic (exact) mass is 247 g/mol. The van der Waals surface area contributed by atoms with Gasteiger partial charge in [-0.15, -0.1) is 0 Å². The van der Waals surface area contributed by atoms with Crippen LogP contribution in [0.3, 0.4) is 0 Å². The molecular formula is C16H25NO. The molecule has 0 radical (unpaired) electrons. The average Bonchev–Trinajstić information content (AvgIpc) is 2.38. The van der Waals surface area contributed by atoms with Crippen molar-refractivity contribution in [3.63, 3.8) is 0 Å². The Morgan fingerprint density at radius 3 is 2.44 bits per heavy atom. The molecule has 1 aromatic carbocycles. The minimum absolute atomic E-state index is 0.294. The minimum atomic E-state index is 0.294. The number of carbonyl (C=O) groups excluding carboxylic acids is 1. The first-order valence-electron chi connectivity index (χ1n) is 6.95. The number of benzene rings is 1. The van der Waals surface area contributed by atoms with Crippen LogP contribution in [0, 0.1) is 5.92 Å². The largest absolute Gasteiger partial charge is 0.343 e. The number of hydrogen-bond acceptors (Lipinski definition) is 1. The second-order valence-electron chi connectivity index (χ2n) is 5.14. The number of likely N-dealkylation sites (N-methyl/N-ethyl adjacent to an activating group) is 1. The Bertz CT molecular complexity index is 345. The lowest BCUT2D eigenvalue weighted by Crippen LogP contribution is -2.32. The van der Waals surface area contributed by atoms with Crippen LogP contribution >= 0.6 is 0 Å². The third kappa shape index (κ3) is 5.35. The summed E-state index contributed by atoms with van der Waals surface area (Å²) in [6.45, 7) is 8.01. The molecule has 0 spiro atoms. The number of carbonyl (C=O) groups is 1. The second-order valence-corrected chi connectivity index (χ2v) is 5.14. The van der Waals surface area contributed by atoms with Crippen molar-refractivity contribution in [2.45, 2.75) is 40.0 Å². The van der Waals surface area contributed by atoms with Gasteiger partial charge in [-0.3, -0.25) is 4.79 Å². The van der Waals surface area contributed by atoms with E-state index in [9.17, 15) is 4.79 Å². The molecule has 2 heteroatoms. The van der Waals surface area contributed by atoms with Crippen LogP contribution in [-0.4, -0.2) is 23.9 Å². The summed E-state index contributed by atoms with van der Waals surface area (Å²) in [5.41, 5.74) is 1.30. The number of rotatable bonds is 7. The molecule has 0 saturated carbocycles. The topological polar surface area (TPSA) is 20.3 Å². The summed E-state index contributed by atoms with van der Waals surface area (Å²) in [6.07, 6.45) is 2.61. The van der Waals surface area contributed by atoms with E-state index < -0.39 is 0 Å². The van der Waals surface area contributed by atoms with Gasteiger partial charge in [0.1, 0.15) is 0 Å². The Morgan fingerprint density at radius 1 is 1.22 bits per heavy atom. The van der Waals surface area contributed by atoms with Crippen molar-refractivity contribution in [2.75, 3.05) is 13.1 Å². The average molecular weight is 247 g/mol. The van der Waals surface area contributed by atoms with Crippen LogP contribution in [0.5, 0.6) is 0 Å². The van der Waals surface area contributed by atoms with E-state index in [-0.39, 0.29) is 0 Å². The van der Waals surface area contributed by atoms with Gasteiger partial charge in [0.15, 0.2) is 0 Å². The molecule has 2 nitrogen and oxygen atoms in total. The van der Waals surface area contributed by atoms with E-state index in [1.807, 2.05) is 23.1 Å². The predicted molar refractivity (Wildman–Crippen MR) is 76.5 cm³/mol. The Balaban J connectivity index is 2.39. The maximum absolute atomic E-state index is 12.0. The van der Waals surface area contributed by atoms with E-state index in [1.165, 1.54) is 5.56 Å². The molecule has 1 amide bonds. The molecule has 0 N–H and O–H groups in total. The molecule has 0 aromatic heterocycles. The van der Waals surface area contributed by atoms with Gasteiger partial charge in [0.2, 0.25) is 5.91 Å². The molecule has 0 saturated heterocycles. The van der Waals surface area contributed by atoms with Crippen LogP contribution in [0.25, 0.3) is 0 Å². The van der Waals surface area contributed by atoms with Crippen molar-refractivity contribution < 1.29 is 4.79 Å². The summed E-state index contributed by atoms with van der Waals surface area (Å²) < 4.78 is 0. The summed E-state index contributed by atoms with van der Waals surface area (Å²) >= 11 is 0. The molecule has 1 rings (SSSR count). The Kier molecular flexibility index (Phi) is 6.48. The highest BCUT2D eigenvalue weighted by atomic mass is 16.2. The summed E-state index contributed by atoms with van der Waals surface area (Å²) in [6, 6.07) is 10.4. The quantitative estimate of drug-likeness (QED) is 0.722. The summed E-state index contributed by atoms with van der Waals surface area (Å²) in [7, 11) is 0. The van der Waals surface area contributed by atoms with Crippen LogP contribution in [0.2, 0.25) is 0 Å². The van der Waals surface area contributed by atoms with Crippen LogP contribution in [0.1, 0.15) is 39.2 Å². The highest BCUT2D eigenvalue weighted by Crippen LogP contribution is 2.08. The van der Waals surface area contributed by atoms with E-state index in [1.54, 1.807) is 0 Å². The standard InChI is InChI=1S/C16H25NO/c1-4-17(16(18)11-10-14(2)3)13-12-15-8-6-5-7-9-15/h5-9,14H,4,10-13H2,1-3H3. The first-order chi connectivity index (χ1) is 8.63. The van der Waals surface area contributed by atoms with E-state index >= 15 is 0 Å². The van der Waals surface area contributed by atoms with Gasteiger partial charge in [-0.1, -0.05) is 44.2 Å². The molecule has 0 atom stereocenters. The molecule has 0 aliphatic carbocycles. The van der Waals surface area contributed by atoms with Gasteiger partial charge in [-0.05, 0) is 31.2 Å². The second kappa shape index (κ2) is 7.91. The predicted octanol–water partition coefficient (Wildman–Crippen LogP) is 3.51. The fraction of sp³-hybridized carbons (Fsp3) is 0.562. The van der Waals surface area contributed by atoms with Crippen molar-refractivity contribution in [1.29, 1.82) is 0 Å². The smallest absolute Gasteiger partial charge is 0.222 e. The van der Waals surface area contributed by atoms with Crippen molar-refractivity contribution in [3.8, 4) is 0 Å². The lowest BCUT2D eigenvalue weighted by Gasteiger charge is -2.21. The van der Waals surface area contributed by atoms with Crippen molar-refractivity contribution >= 4 is 5.91 Å². The van der Waals surface area contributed by atoms with E-state index in [4.69, 9.17) is 0 Å². The highest BCUT2D eigenvalue weighted by Gasteiger charge is 2.11. The normalized spacial score (nSPS) is 10.7. The van der Waals surface area contributed by atoms with Crippen molar-refractivity contribution in [1.82, 2.24) is 4.90 Å². The zero-order chi connectivity index (χ0) is 13.4. The zero-order valence-corrected chi connectivity index (χ0v) is 11.9. The van der Waals surface area contributed by atoms with Gasteiger partial charge >= 0.3 is 0 Å². The fourth-order valence-corrected chi connectivity index (χ4v) is 1.94. The summed E-state index contributed by atoms with van der Waals surface area (Å²) in [5.74, 6) is 0.893. The van der Waals surface area contributed by atoms with Gasteiger partial charge < -0.3 is 4.90 Å². The summed E-state index contributed by atoms with van der Waals surface area (Å²) in [5, 5.41) is 0. The lowest BCUT2D eigenvalue weighted by atomic mass is 10.1. The maximum Gasteiger partial charge on any atom is 0.222 e. The molecular weight excluding hydrogens is 222 g/mol. The van der Waals surface area contributed by atoms with Crippen molar-refractivity contribution in [3.05, 3.63) is 35.9 Å². The number of hydrogen-bond donors (Lipinski definition) is 0. The molecule has 0 aliphatic rings. The van der Waals surface area contributed by atoms with E-state index in [0.717, 1.165) is 25.9 Å². The first kappa shape index (κ1) is 14.7. The van der Waals surface area contributed by atoms with Gasteiger partial charge in [-0.2, -0.15) is 0 Å². The highest BCUT2D eigenvalue weighted by molar-refractivity contribution is 5.76. The molecule has 100 valence electrons. The Labute approximate surface area is 111 Å². The maximum atomic E-state index is 12.0. The number of nitrogens with zero attached hydrogens (tertiary/aromatic N) is 1. The Morgan fingerprint density at radius 2 is 1.89 bits per heavy atom. The first-order valence-corrected chi connectivity index (χ1v) is 6.95. The molecule has 0 bridgehead atoms. The van der Waals surface area contributed by atoms with Crippen LogP contribution < -0.4 is 0 Å². The third-order valence-corrected chi connectivity index (χ3v) is 3.18. The summed E-state index contributed by atoms with van der Waals surface area (Å²) in [4.78, 5) is 14.0. The Hall–Kier alpha value is -1.31. The molecule has 18 heavy (non-hydrogen) atoms. The minimum Gasteiger partial charge on any atom is -0.343 e. The zero-order valence-electron chi connectivity index (χ0n) is 11.9. The molecule has 0 aliphatic heterocycles.